The van der Waals surface area contributed by atoms with Gasteiger partial charge in [0, 0.05) is 23.7 Å². The normalized spacial score (nSPS) is 15.5. The molecule has 7 heteroatoms. The maximum atomic E-state index is 12.5. The molecule has 27 heavy (non-hydrogen) atoms. The molecular formula is C20H21Cl2N3O2. The average Bonchev–Trinajstić information content (AvgIpc) is 2.65. The Labute approximate surface area is 168 Å². The summed E-state index contributed by atoms with van der Waals surface area (Å²) in [6.07, 6.45) is 1.56. The number of hydrogen-bond donors (Lipinski definition) is 2. The van der Waals surface area contributed by atoms with Crippen LogP contribution < -0.4 is 11.1 Å². The molecule has 142 valence electrons. The fourth-order valence-electron chi connectivity index (χ4n) is 3.24. The van der Waals surface area contributed by atoms with Gasteiger partial charge < -0.3 is 11.1 Å². The number of halogens is 2. The van der Waals surface area contributed by atoms with E-state index in [0.717, 1.165) is 38.0 Å². The van der Waals surface area contributed by atoms with Gasteiger partial charge in [-0.3, -0.25) is 14.5 Å². The van der Waals surface area contributed by atoms with E-state index in [2.05, 4.69) is 10.2 Å². The summed E-state index contributed by atoms with van der Waals surface area (Å²) in [7, 11) is 0. The maximum absolute atomic E-state index is 12.5. The second kappa shape index (κ2) is 8.74. The van der Waals surface area contributed by atoms with Gasteiger partial charge in [-0.2, -0.15) is 0 Å². The van der Waals surface area contributed by atoms with Crippen molar-refractivity contribution in [3.8, 4) is 0 Å². The first-order chi connectivity index (χ1) is 12.9. The Kier molecular flexibility index (Phi) is 6.37. The molecule has 0 bridgehead atoms. The minimum absolute atomic E-state index is 0.0224. The summed E-state index contributed by atoms with van der Waals surface area (Å²) < 4.78 is 0. The van der Waals surface area contributed by atoms with E-state index < -0.39 is 5.91 Å². The van der Waals surface area contributed by atoms with E-state index in [-0.39, 0.29) is 11.8 Å². The molecule has 3 N–H and O–H groups in total. The lowest BCUT2D eigenvalue weighted by atomic mass is 9.95. The van der Waals surface area contributed by atoms with Gasteiger partial charge in [-0.1, -0.05) is 35.3 Å². The topological polar surface area (TPSA) is 75.4 Å². The quantitative estimate of drug-likeness (QED) is 0.790. The fraction of sp³-hybridized carbons (Fsp3) is 0.300. The molecule has 0 spiro atoms. The van der Waals surface area contributed by atoms with E-state index in [4.69, 9.17) is 28.9 Å². The maximum Gasteiger partial charge on any atom is 0.248 e. The molecule has 0 atom stereocenters. The highest BCUT2D eigenvalue weighted by Gasteiger charge is 2.25. The molecule has 1 fully saturated rings. The SMILES string of the molecule is NC(=O)c1cccc(NC(=O)C2CCN(Cc3ccc(Cl)c(Cl)c3)CC2)c1. The van der Waals surface area contributed by atoms with Crippen LogP contribution in [0.2, 0.25) is 10.0 Å². The average molecular weight is 406 g/mol. The third-order valence-electron chi connectivity index (χ3n) is 4.76. The van der Waals surface area contributed by atoms with Crippen molar-refractivity contribution in [1.82, 2.24) is 4.90 Å². The van der Waals surface area contributed by atoms with Gasteiger partial charge in [0.25, 0.3) is 0 Å². The van der Waals surface area contributed by atoms with Gasteiger partial charge in [-0.05, 0) is 61.8 Å². The summed E-state index contributed by atoms with van der Waals surface area (Å²) in [5.41, 5.74) is 7.36. The van der Waals surface area contributed by atoms with Gasteiger partial charge in [0.1, 0.15) is 0 Å². The van der Waals surface area contributed by atoms with Crippen LogP contribution in [0.25, 0.3) is 0 Å². The molecule has 0 unspecified atom stereocenters. The number of carbonyl (C=O) groups excluding carboxylic acids is 2. The number of benzene rings is 2. The van der Waals surface area contributed by atoms with Gasteiger partial charge in [0.15, 0.2) is 0 Å². The Morgan fingerprint density at radius 3 is 2.48 bits per heavy atom. The minimum atomic E-state index is -0.512. The van der Waals surface area contributed by atoms with E-state index in [9.17, 15) is 9.59 Å². The highest BCUT2D eigenvalue weighted by atomic mass is 35.5. The second-order valence-electron chi connectivity index (χ2n) is 6.73. The first-order valence-electron chi connectivity index (χ1n) is 8.79. The van der Waals surface area contributed by atoms with Crippen molar-refractivity contribution < 1.29 is 9.59 Å². The molecule has 3 rings (SSSR count). The number of carbonyl (C=O) groups is 2. The molecule has 1 heterocycles. The van der Waals surface area contributed by atoms with Crippen LogP contribution in [0.1, 0.15) is 28.8 Å². The summed E-state index contributed by atoms with van der Waals surface area (Å²) in [6.45, 7) is 2.45. The van der Waals surface area contributed by atoms with Gasteiger partial charge >= 0.3 is 0 Å². The molecule has 1 saturated heterocycles. The van der Waals surface area contributed by atoms with E-state index in [1.165, 1.54) is 0 Å². The monoisotopic (exact) mass is 405 g/mol. The number of primary amides is 1. The number of anilines is 1. The highest BCUT2D eigenvalue weighted by molar-refractivity contribution is 6.42. The highest BCUT2D eigenvalue weighted by Crippen LogP contribution is 2.25. The number of rotatable bonds is 5. The van der Waals surface area contributed by atoms with Gasteiger partial charge in [-0.25, -0.2) is 0 Å². The van der Waals surface area contributed by atoms with Crippen molar-refractivity contribution in [2.75, 3.05) is 18.4 Å². The van der Waals surface area contributed by atoms with Crippen molar-refractivity contribution >= 4 is 40.7 Å². The molecule has 1 aliphatic heterocycles. The van der Waals surface area contributed by atoms with Gasteiger partial charge in [0.2, 0.25) is 11.8 Å². The molecule has 0 aromatic heterocycles. The fourth-order valence-corrected chi connectivity index (χ4v) is 3.56. The molecule has 2 aromatic rings. The third kappa shape index (κ3) is 5.22. The Hall–Kier alpha value is -2.08. The van der Waals surface area contributed by atoms with Crippen molar-refractivity contribution in [2.45, 2.75) is 19.4 Å². The molecule has 0 radical (unpaired) electrons. The number of piperidine rings is 1. The van der Waals surface area contributed by atoms with Gasteiger partial charge in [0.05, 0.1) is 10.0 Å². The largest absolute Gasteiger partial charge is 0.366 e. The van der Waals surface area contributed by atoms with Crippen LogP contribution in [0.4, 0.5) is 5.69 Å². The molecule has 2 amide bonds. The van der Waals surface area contributed by atoms with Crippen LogP contribution >= 0.6 is 23.2 Å². The number of nitrogens with zero attached hydrogens (tertiary/aromatic N) is 1. The van der Waals surface area contributed by atoms with Gasteiger partial charge in [-0.15, -0.1) is 0 Å². The third-order valence-corrected chi connectivity index (χ3v) is 5.50. The zero-order chi connectivity index (χ0) is 19.4. The Morgan fingerprint density at radius 1 is 1.07 bits per heavy atom. The molecule has 2 aromatic carbocycles. The summed E-state index contributed by atoms with van der Waals surface area (Å²) in [4.78, 5) is 26.1. The van der Waals surface area contributed by atoms with Crippen molar-refractivity contribution in [2.24, 2.45) is 11.7 Å². The number of hydrogen-bond acceptors (Lipinski definition) is 3. The first kappa shape index (κ1) is 19.7. The lowest BCUT2D eigenvalue weighted by molar-refractivity contribution is -0.121. The standard InChI is InChI=1S/C20H21Cl2N3O2/c21-17-5-4-13(10-18(17)22)12-25-8-6-14(7-9-25)20(27)24-16-3-1-2-15(11-16)19(23)26/h1-5,10-11,14H,6-9,12H2,(H2,23,26)(H,24,27). The molecule has 1 aliphatic rings. The summed E-state index contributed by atoms with van der Waals surface area (Å²) >= 11 is 12.0. The van der Waals surface area contributed by atoms with Crippen LogP contribution in [-0.2, 0) is 11.3 Å². The molecule has 0 saturated carbocycles. The zero-order valence-electron chi connectivity index (χ0n) is 14.8. The Bertz CT molecular complexity index is 849. The van der Waals surface area contributed by atoms with E-state index in [1.54, 1.807) is 30.3 Å². The van der Waals surface area contributed by atoms with Crippen molar-refractivity contribution in [3.63, 3.8) is 0 Å². The predicted molar refractivity (Wildman–Crippen MR) is 108 cm³/mol. The smallest absolute Gasteiger partial charge is 0.248 e. The lowest BCUT2D eigenvalue weighted by Gasteiger charge is -2.31. The summed E-state index contributed by atoms with van der Waals surface area (Å²) in [5.74, 6) is -0.584. The predicted octanol–water partition coefficient (Wildman–Crippen LogP) is 3.94. The van der Waals surface area contributed by atoms with Crippen molar-refractivity contribution in [1.29, 1.82) is 0 Å². The summed E-state index contributed by atoms with van der Waals surface area (Å²) in [5, 5.41) is 4.00. The minimum Gasteiger partial charge on any atom is -0.366 e. The van der Waals surface area contributed by atoms with Crippen LogP contribution in [0.5, 0.6) is 0 Å². The van der Waals surface area contributed by atoms with E-state index in [1.807, 2.05) is 12.1 Å². The number of nitrogens with two attached hydrogens (primary N) is 1. The van der Waals surface area contributed by atoms with Crippen LogP contribution in [0.3, 0.4) is 0 Å². The van der Waals surface area contributed by atoms with Crippen LogP contribution in [0.15, 0.2) is 42.5 Å². The zero-order valence-corrected chi connectivity index (χ0v) is 16.3. The van der Waals surface area contributed by atoms with Crippen molar-refractivity contribution in [3.05, 3.63) is 63.6 Å². The number of nitrogens with one attached hydrogen (secondary N) is 1. The van der Waals surface area contributed by atoms with E-state index >= 15 is 0 Å². The lowest BCUT2D eigenvalue weighted by Crippen LogP contribution is -2.37. The summed E-state index contributed by atoms with van der Waals surface area (Å²) in [6, 6.07) is 12.3. The van der Waals surface area contributed by atoms with E-state index in [0.29, 0.717) is 21.3 Å². The first-order valence-corrected chi connectivity index (χ1v) is 9.55. The van der Waals surface area contributed by atoms with Crippen LogP contribution in [-0.4, -0.2) is 29.8 Å². The molecule has 0 aliphatic carbocycles. The van der Waals surface area contributed by atoms with Crippen LogP contribution in [0, 0.1) is 5.92 Å². The molecular weight excluding hydrogens is 385 g/mol. The number of likely N-dealkylation sites (tertiary alicyclic amines) is 1. The molecule has 5 nitrogen and oxygen atoms in total. The Balaban J connectivity index is 1.52. The second-order valence-corrected chi connectivity index (χ2v) is 7.55. The Morgan fingerprint density at radius 2 is 1.81 bits per heavy atom. The number of amides is 2.